The highest BCUT2D eigenvalue weighted by Crippen LogP contribution is 2.19. The van der Waals surface area contributed by atoms with Crippen LogP contribution in [0.3, 0.4) is 0 Å². The zero-order valence-corrected chi connectivity index (χ0v) is 8.23. The molecule has 0 aliphatic heterocycles. The molecule has 0 fully saturated rings. The van der Waals surface area contributed by atoms with E-state index in [2.05, 4.69) is 19.9 Å². The fourth-order valence-electron chi connectivity index (χ4n) is 1.11. The Hall–Kier alpha value is -0.760. The summed E-state index contributed by atoms with van der Waals surface area (Å²) in [7, 11) is 0. The van der Waals surface area contributed by atoms with Gasteiger partial charge in [0.25, 0.3) is 4.90 Å². The molecule has 0 bridgehead atoms. The SMILES string of the molecule is CCC(C)c1cccc([S+]=O)c1. The quantitative estimate of drug-likeness (QED) is 0.655. The van der Waals surface area contributed by atoms with Gasteiger partial charge in [-0.1, -0.05) is 26.0 Å². The molecule has 0 aliphatic rings. The molecule has 0 amide bonds. The van der Waals surface area contributed by atoms with Crippen molar-refractivity contribution in [3.8, 4) is 0 Å². The third kappa shape index (κ3) is 2.11. The topological polar surface area (TPSA) is 17.1 Å². The van der Waals surface area contributed by atoms with E-state index in [9.17, 15) is 4.21 Å². The summed E-state index contributed by atoms with van der Waals surface area (Å²) in [4.78, 5) is 0.813. The van der Waals surface area contributed by atoms with Crippen molar-refractivity contribution in [1.29, 1.82) is 0 Å². The molecular formula is C10H13OS+. The largest absolute Gasteiger partial charge is 0.505 e. The predicted molar refractivity (Wildman–Crippen MR) is 51.5 cm³/mol. The lowest BCUT2D eigenvalue weighted by Crippen LogP contribution is -1.90. The summed E-state index contributed by atoms with van der Waals surface area (Å²) in [5.41, 5.74) is 1.26. The Bertz CT molecular complexity index is 270. The highest BCUT2D eigenvalue weighted by molar-refractivity contribution is 7.65. The van der Waals surface area contributed by atoms with E-state index in [1.807, 2.05) is 18.2 Å². The lowest BCUT2D eigenvalue weighted by molar-refractivity contribution is 0.604. The first-order valence-electron chi connectivity index (χ1n) is 4.17. The first kappa shape index (κ1) is 9.33. The smallest absolute Gasteiger partial charge is 0.0648 e. The lowest BCUT2D eigenvalue weighted by atomic mass is 9.99. The summed E-state index contributed by atoms with van der Waals surface area (Å²) in [6, 6.07) is 7.85. The molecule has 0 N–H and O–H groups in total. The first-order chi connectivity index (χ1) is 5.77. The summed E-state index contributed by atoms with van der Waals surface area (Å²) >= 11 is 0.561. The second-order valence-electron chi connectivity index (χ2n) is 2.97. The minimum absolute atomic E-state index is 0.553. The van der Waals surface area contributed by atoms with E-state index in [1.165, 1.54) is 5.56 Å². The van der Waals surface area contributed by atoms with Crippen LogP contribution in [0.25, 0.3) is 0 Å². The van der Waals surface area contributed by atoms with Crippen LogP contribution in [0.4, 0.5) is 0 Å². The van der Waals surface area contributed by atoms with Crippen LogP contribution < -0.4 is 0 Å². The van der Waals surface area contributed by atoms with Gasteiger partial charge in [-0.15, -0.1) is 0 Å². The molecule has 0 saturated carbocycles. The second kappa shape index (κ2) is 4.31. The van der Waals surface area contributed by atoms with E-state index in [0.717, 1.165) is 11.3 Å². The van der Waals surface area contributed by atoms with Gasteiger partial charge >= 0.3 is 11.7 Å². The molecule has 1 atom stereocenters. The maximum Gasteiger partial charge on any atom is 0.505 e. The van der Waals surface area contributed by atoms with Gasteiger partial charge in [-0.05, 0) is 17.9 Å². The summed E-state index contributed by atoms with van der Waals surface area (Å²) in [6.45, 7) is 4.33. The van der Waals surface area contributed by atoms with E-state index in [4.69, 9.17) is 0 Å². The zero-order chi connectivity index (χ0) is 8.97. The van der Waals surface area contributed by atoms with Crippen molar-refractivity contribution in [3.05, 3.63) is 29.8 Å². The molecule has 12 heavy (non-hydrogen) atoms. The maximum absolute atomic E-state index is 10.5. The van der Waals surface area contributed by atoms with Crippen LogP contribution in [0.5, 0.6) is 0 Å². The molecule has 1 unspecified atom stereocenters. The van der Waals surface area contributed by atoms with Gasteiger partial charge in [0.05, 0.1) is 0 Å². The van der Waals surface area contributed by atoms with Crippen LogP contribution in [-0.4, -0.2) is 0 Å². The van der Waals surface area contributed by atoms with E-state index >= 15 is 0 Å². The Labute approximate surface area is 77.3 Å². The van der Waals surface area contributed by atoms with Crippen molar-refractivity contribution in [3.63, 3.8) is 0 Å². The number of rotatable bonds is 3. The molecule has 1 rings (SSSR count). The molecule has 0 saturated heterocycles. The van der Waals surface area contributed by atoms with Gasteiger partial charge in [0, 0.05) is 16.3 Å². The summed E-state index contributed by atoms with van der Waals surface area (Å²) in [6.07, 6.45) is 1.12. The average molecular weight is 181 g/mol. The average Bonchev–Trinajstić information content (AvgIpc) is 2.17. The molecular weight excluding hydrogens is 168 g/mol. The van der Waals surface area contributed by atoms with Gasteiger partial charge < -0.3 is 0 Å². The molecule has 0 aliphatic carbocycles. The highest BCUT2D eigenvalue weighted by atomic mass is 32.1. The van der Waals surface area contributed by atoms with E-state index in [1.54, 1.807) is 0 Å². The van der Waals surface area contributed by atoms with Gasteiger partial charge in [-0.25, -0.2) is 0 Å². The van der Waals surface area contributed by atoms with Crippen molar-refractivity contribution in [2.75, 3.05) is 0 Å². The van der Waals surface area contributed by atoms with Crippen molar-refractivity contribution in [1.82, 2.24) is 0 Å². The van der Waals surface area contributed by atoms with Crippen molar-refractivity contribution >= 4 is 11.7 Å². The molecule has 0 radical (unpaired) electrons. The van der Waals surface area contributed by atoms with E-state index in [-0.39, 0.29) is 0 Å². The van der Waals surface area contributed by atoms with Crippen molar-refractivity contribution in [2.45, 2.75) is 31.1 Å². The molecule has 1 aromatic rings. The van der Waals surface area contributed by atoms with Crippen LogP contribution in [0.2, 0.25) is 0 Å². The Morgan fingerprint density at radius 3 is 2.83 bits per heavy atom. The standard InChI is InChI=1S/C10H13OS/c1-3-8(2)9-5-4-6-10(7-9)12-11/h4-8H,3H2,1-2H3/q+1. The van der Waals surface area contributed by atoms with Crippen molar-refractivity contribution in [2.24, 2.45) is 0 Å². The molecule has 0 aromatic heterocycles. The van der Waals surface area contributed by atoms with Gasteiger partial charge in [-0.3, -0.25) is 0 Å². The zero-order valence-electron chi connectivity index (χ0n) is 7.41. The van der Waals surface area contributed by atoms with Crippen molar-refractivity contribution < 1.29 is 4.21 Å². The maximum atomic E-state index is 10.5. The van der Waals surface area contributed by atoms with E-state index < -0.39 is 0 Å². The normalized spacial score (nSPS) is 12.5. The minimum atomic E-state index is 0.553. The second-order valence-corrected chi connectivity index (χ2v) is 3.60. The Morgan fingerprint density at radius 2 is 2.25 bits per heavy atom. The summed E-state index contributed by atoms with van der Waals surface area (Å²) in [5.74, 6) is 0.553. The van der Waals surface area contributed by atoms with Gasteiger partial charge in [0.2, 0.25) is 0 Å². The first-order valence-corrected chi connectivity index (χ1v) is 4.92. The third-order valence-electron chi connectivity index (χ3n) is 2.14. The predicted octanol–water partition coefficient (Wildman–Crippen LogP) is 2.99. The van der Waals surface area contributed by atoms with Gasteiger partial charge in [0.1, 0.15) is 0 Å². The van der Waals surface area contributed by atoms with Crippen LogP contribution >= 0.6 is 0 Å². The molecule has 64 valence electrons. The Kier molecular flexibility index (Phi) is 3.35. The van der Waals surface area contributed by atoms with Gasteiger partial charge in [0.15, 0.2) is 0 Å². The summed E-state index contributed by atoms with van der Waals surface area (Å²) in [5, 5.41) is 0. The van der Waals surface area contributed by atoms with E-state index in [0.29, 0.717) is 17.6 Å². The number of hydrogen-bond donors (Lipinski definition) is 0. The molecule has 1 aromatic carbocycles. The fraction of sp³-hybridized carbons (Fsp3) is 0.400. The fourth-order valence-corrected chi connectivity index (χ4v) is 1.43. The number of benzene rings is 1. The monoisotopic (exact) mass is 181 g/mol. The van der Waals surface area contributed by atoms with Crippen LogP contribution in [0.15, 0.2) is 29.2 Å². The van der Waals surface area contributed by atoms with Crippen LogP contribution in [0.1, 0.15) is 31.7 Å². The molecule has 2 heteroatoms. The third-order valence-corrected chi connectivity index (χ3v) is 2.58. The highest BCUT2D eigenvalue weighted by Gasteiger charge is 2.09. The molecule has 0 spiro atoms. The Morgan fingerprint density at radius 1 is 1.50 bits per heavy atom. The number of hydrogen-bond acceptors (Lipinski definition) is 1. The minimum Gasteiger partial charge on any atom is -0.0648 e. The van der Waals surface area contributed by atoms with Gasteiger partial charge in [-0.2, -0.15) is 0 Å². The molecule has 0 heterocycles. The lowest BCUT2D eigenvalue weighted by Gasteiger charge is -2.06. The van der Waals surface area contributed by atoms with Crippen LogP contribution in [0, 0.1) is 0 Å². The molecule has 1 nitrogen and oxygen atoms in total. The summed E-state index contributed by atoms with van der Waals surface area (Å²) < 4.78 is 10.5. The Balaban J connectivity index is 2.93. The van der Waals surface area contributed by atoms with Crippen LogP contribution in [-0.2, 0) is 15.9 Å².